The Labute approximate surface area is 103 Å². The highest BCUT2D eigenvalue weighted by molar-refractivity contribution is 9.10. The Balaban J connectivity index is 2.49. The van der Waals surface area contributed by atoms with Crippen molar-refractivity contribution in [3.8, 4) is 0 Å². The molecule has 0 spiro atoms. The van der Waals surface area contributed by atoms with Gasteiger partial charge in [-0.2, -0.15) is 0 Å². The first-order chi connectivity index (χ1) is 7.44. The zero-order chi connectivity index (χ0) is 11.8. The Hall–Kier alpha value is -1.07. The molecule has 0 aromatic heterocycles. The Morgan fingerprint density at radius 1 is 1.06 bits per heavy atom. The van der Waals surface area contributed by atoms with Crippen molar-refractivity contribution in [1.29, 1.82) is 0 Å². The summed E-state index contributed by atoms with van der Waals surface area (Å²) >= 11 is 3.39. The smallest absolute Gasteiger partial charge is 0.229 e. The third kappa shape index (κ3) is 2.74. The average Bonchev–Trinajstić information content (AvgIpc) is 2.16. The van der Waals surface area contributed by atoms with Crippen LogP contribution in [0.3, 0.4) is 0 Å². The maximum absolute atomic E-state index is 11.1. The standard InChI is InChI=1S/C11H10BrNO2S/c1-16(14,15)13-11-5-3-8-6-10(12)4-2-9(8)7-11/h2-7,13H,1H3. The molecule has 0 radical (unpaired) electrons. The molecule has 5 heteroatoms. The zero-order valence-corrected chi connectivity index (χ0v) is 11.0. The average molecular weight is 300 g/mol. The molecule has 16 heavy (non-hydrogen) atoms. The van der Waals surface area contributed by atoms with Gasteiger partial charge in [0.05, 0.1) is 6.26 Å². The van der Waals surface area contributed by atoms with E-state index >= 15 is 0 Å². The van der Waals surface area contributed by atoms with Crippen LogP contribution < -0.4 is 4.72 Å². The van der Waals surface area contributed by atoms with Crippen molar-refractivity contribution in [3.05, 3.63) is 40.9 Å². The summed E-state index contributed by atoms with van der Waals surface area (Å²) in [6.45, 7) is 0. The van der Waals surface area contributed by atoms with Gasteiger partial charge in [0, 0.05) is 10.2 Å². The van der Waals surface area contributed by atoms with Crippen molar-refractivity contribution in [2.45, 2.75) is 0 Å². The first kappa shape index (κ1) is 11.4. The Kier molecular flexibility index (Phi) is 2.90. The predicted octanol–water partition coefficient (Wildman–Crippen LogP) is 2.97. The molecular formula is C11H10BrNO2S. The molecule has 0 saturated heterocycles. The first-order valence-electron chi connectivity index (χ1n) is 4.61. The van der Waals surface area contributed by atoms with Gasteiger partial charge in [-0.25, -0.2) is 8.42 Å². The van der Waals surface area contributed by atoms with Gasteiger partial charge in [-0.05, 0) is 35.0 Å². The monoisotopic (exact) mass is 299 g/mol. The quantitative estimate of drug-likeness (QED) is 0.927. The van der Waals surface area contributed by atoms with Crippen molar-refractivity contribution >= 4 is 42.4 Å². The fourth-order valence-corrected chi connectivity index (χ4v) is 2.43. The maximum Gasteiger partial charge on any atom is 0.229 e. The summed E-state index contributed by atoms with van der Waals surface area (Å²) in [5.74, 6) is 0. The number of benzene rings is 2. The van der Waals surface area contributed by atoms with Crippen molar-refractivity contribution in [3.63, 3.8) is 0 Å². The minimum absolute atomic E-state index is 0.581. The molecule has 2 aromatic carbocycles. The van der Waals surface area contributed by atoms with E-state index in [2.05, 4.69) is 20.7 Å². The third-order valence-electron chi connectivity index (χ3n) is 2.11. The van der Waals surface area contributed by atoms with Gasteiger partial charge in [0.1, 0.15) is 0 Å². The summed E-state index contributed by atoms with van der Waals surface area (Å²) in [5, 5.41) is 2.06. The lowest BCUT2D eigenvalue weighted by Crippen LogP contribution is -2.09. The Morgan fingerprint density at radius 2 is 1.69 bits per heavy atom. The summed E-state index contributed by atoms with van der Waals surface area (Å²) in [4.78, 5) is 0. The lowest BCUT2D eigenvalue weighted by molar-refractivity contribution is 0.607. The molecule has 2 aromatic rings. The van der Waals surface area contributed by atoms with E-state index in [1.54, 1.807) is 6.07 Å². The second-order valence-electron chi connectivity index (χ2n) is 3.58. The first-order valence-corrected chi connectivity index (χ1v) is 7.30. The minimum Gasteiger partial charge on any atom is -0.284 e. The molecule has 0 bridgehead atoms. The predicted molar refractivity (Wildman–Crippen MR) is 70.1 cm³/mol. The molecule has 0 aliphatic rings. The van der Waals surface area contributed by atoms with Crippen molar-refractivity contribution in [2.75, 3.05) is 11.0 Å². The number of halogens is 1. The topological polar surface area (TPSA) is 46.2 Å². The number of hydrogen-bond donors (Lipinski definition) is 1. The lowest BCUT2D eigenvalue weighted by Gasteiger charge is -2.05. The number of rotatable bonds is 2. The largest absolute Gasteiger partial charge is 0.284 e. The van der Waals surface area contributed by atoms with E-state index in [1.165, 1.54) is 0 Å². The molecule has 0 amide bonds. The number of hydrogen-bond acceptors (Lipinski definition) is 2. The number of nitrogens with one attached hydrogen (secondary N) is 1. The molecule has 0 aliphatic carbocycles. The van der Waals surface area contributed by atoms with Crippen LogP contribution in [-0.4, -0.2) is 14.7 Å². The van der Waals surface area contributed by atoms with Gasteiger partial charge in [-0.15, -0.1) is 0 Å². The van der Waals surface area contributed by atoms with E-state index in [4.69, 9.17) is 0 Å². The van der Waals surface area contributed by atoms with E-state index in [0.717, 1.165) is 21.5 Å². The van der Waals surface area contributed by atoms with Crippen molar-refractivity contribution < 1.29 is 8.42 Å². The van der Waals surface area contributed by atoms with E-state index in [9.17, 15) is 8.42 Å². The summed E-state index contributed by atoms with van der Waals surface area (Å²) < 4.78 is 25.6. The van der Waals surface area contributed by atoms with Crippen LogP contribution in [0, 0.1) is 0 Å². The molecule has 0 fully saturated rings. The van der Waals surface area contributed by atoms with E-state index in [0.29, 0.717) is 5.69 Å². The van der Waals surface area contributed by atoms with Crippen molar-refractivity contribution in [2.24, 2.45) is 0 Å². The zero-order valence-electron chi connectivity index (χ0n) is 8.57. The van der Waals surface area contributed by atoms with Gasteiger partial charge >= 0.3 is 0 Å². The van der Waals surface area contributed by atoms with Crippen LogP contribution in [0.5, 0.6) is 0 Å². The van der Waals surface area contributed by atoms with Crippen LogP contribution in [0.1, 0.15) is 0 Å². The van der Waals surface area contributed by atoms with Gasteiger partial charge in [-0.1, -0.05) is 28.1 Å². The van der Waals surface area contributed by atoms with E-state index in [1.807, 2.05) is 30.3 Å². The van der Waals surface area contributed by atoms with Crippen LogP contribution in [-0.2, 0) is 10.0 Å². The van der Waals surface area contributed by atoms with Gasteiger partial charge < -0.3 is 0 Å². The summed E-state index contributed by atoms with van der Waals surface area (Å²) in [5.41, 5.74) is 0.581. The SMILES string of the molecule is CS(=O)(=O)Nc1ccc2cc(Br)ccc2c1. The maximum atomic E-state index is 11.1. The molecule has 3 nitrogen and oxygen atoms in total. The molecule has 2 rings (SSSR count). The normalized spacial score (nSPS) is 11.6. The molecule has 0 heterocycles. The lowest BCUT2D eigenvalue weighted by atomic mass is 10.1. The molecule has 1 N–H and O–H groups in total. The minimum atomic E-state index is -3.21. The van der Waals surface area contributed by atoms with E-state index in [-0.39, 0.29) is 0 Å². The second kappa shape index (κ2) is 4.07. The highest BCUT2D eigenvalue weighted by Gasteiger charge is 2.02. The van der Waals surface area contributed by atoms with Gasteiger partial charge in [-0.3, -0.25) is 4.72 Å². The number of fused-ring (bicyclic) bond motifs is 1. The fourth-order valence-electron chi connectivity index (χ4n) is 1.49. The van der Waals surface area contributed by atoms with Crippen LogP contribution in [0.4, 0.5) is 5.69 Å². The molecule has 0 aliphatic heterocycles. The summed E-state index contributed by atoms with van der Waals surface area (Å²) in [7, 11) is -3.21. The molecule has 84 valence electrons. The van der Waals surface area contributed by atoms with Crippen LogP contribution >= 0.6 is 15.9 Å². The van der Waals surface area contributed by atoms with E-state index < -0.39 is 10.0 Å². The van der Waals surface area contributed by atoms with Gasteiger partial charge in [0.25, 0.3) is 0 Å². The van der Waals surface area contributed by atoms with Gasteiger partial charge in [0.15, 0.2) is 0 Å². The Bertz CT molecular complexity index is 637. The molecule has 0 atom stereocenters. The molecule has 0 unspecified atom stereocenters. The Morgan fingerprint density at radius 3 is 2.38 bits per heavy atom. The van der Waals surface area contributed by atoms with Crippen LogP contribution in [0.2, 0.25) is 0 Å². The number of sulfonamides is 1. The fraction of sp³-hybridized carbons (Fsp3) is 0.0909. The van der Waals surface area contributed by atoms with Crippen LogP contribution in [0.25, 0.3) is 10.8 Å². The number of anilines is 1. The van der Waals surface area contributed by atoms with Gasteiger partial charge in [0.2, 0.25) is 10.0 Å². The molecular weight excluding hydrogens is 290 g/mol. The molecule has 0 saturated carbocycles. The van der Waals surface area contributed by atoms with Crippen molar-refractivity contribution in [1.82, 2.24) is 0 Å². The highest BCUT2D eigenvalue weighted by Crippen LogP contribution is 2.23. The second-order valence-corrected chi connectivity index (χ2v) is 6.24. The summed E-state index contributed by atoms with van der Waals surface area (Å²) in [6, 6.07) is 11.3. The third-order valence-corrected chi connectivity index (χ3v) is 3.21. The van der Waals surface area contributed by atoms with Crippen LogP contribution in [0.15, 0.2) is 40.9 Å². The summed E-state index contributed by atoms with van der Waals surface area (Å²) in [6.07, 6.45) is 1.14. The highest BCUT2D eigenvalue weighted by atomic mass is 79.9.